The lowest BCUT2D eigenvalue weighted by atomic mass is 10.1. The van der Waals surface area contributed by atoms with Gasteiger partial charge >= 0.3 is 6.03 Å². The van der Waals surface area contributed by atoms with Crippen LogP contribution in [-0.2, 0) is 13.0 Å². The van der Waals surface area contributed by atoms with Gasteiger partial charge in [-0.1, -0.05) is 18.2 Å². The number of nitrogens with zero attached hydrogens (tertiary/aromatic N) is 2. The Balaban J connectivity index is 0.00000320. The second-order valence-corrected chi connectivity index (χ2v) is 8.00. The van der Waals surface area contributed by atoms with Crippen LogP contribution in [0.3, 0.4) is 0 Å². The molecule has 11 heteroatoms. The quantitative estimate of drug-likeness (QED) is 0.298. The Kier molecular flexibility index (Phi) is 8.90. The van der Waals surface area contributed by atoms with E-state index in [9.17, 15) is 4.79 Å². The van der Waals surface area contributed by atoms with Crippen molar-refractivity contribution >= 4 is 52.2 Å². The number of aromatic nitrogens is 1. The molecule has 8 nitrogen and oxygen atoms in total. The first-order valence-electron chi connectivity index (χ1n) is 8.82. The average molecular weight is 467 g/mol. The van der Waals surface area contributed by atoms with Crippen molar-refractivity contribution in [1.82, 2.24) is 10.3 Å². The van der Waals surface area contributed by atoms with Crippen LogP contribution in [-0.4, -0.2) is 30.6 Å². The average Bonchev–Trinajstić information content (AvgIpc) is 3.36. The molecule has 0 atom stereocenters. The van der Waals surface area contributed by atoms with Crippen molar-refractivity contribution in [1.29, 1.82) is 0 Å². The molecule has 0 fully saturated rings. The number of carbonyl (C=O) groups excluding carboxylic acids is 1. The van der Waals surface area contributed by atoms with E-state index in [1.807, 2.05) is 41.8 Å². The van der Waals surface area contributed by atoms with E-state index < -0.39 is 6.03 Å². The maximum absolute atomic E-state index is 10.8. The van der Waals surface area contributed by atoms with Gasteiger partial charge in [-0.05, 0) is 30.2 Å². The molecule has 0 saturated carbocycles. The number of halogens is 1. The minimum absolute atomic E-state index is 0. The summed E-state index contributed by atoms with van der Waals surface area (Å²) in [6.07, 6.45) is 0.729. The number of hydrogen-bond acceptors (Lipinski definition) is 6. The summed E-state index contributed by atoms with van der Waals surface area (Å²) < 4.78 is 5.34. The number of nitrogens with two attached hydrogens (primary N) is 2. The highest BCUT2D eigenvalue weighted by molar-refractivity contribution is 7.17. The number of amides is 2. The SMILES string of the molecule is COc1ccccc1CCN=C(N)Nc1nc(-c2ccc(CNC(N)=O)s2)cs1.Cl. The van der Waals surface area contributed by atoms with E-state index in [2.05, 4.69) is 20.6 Å². The standard InChI is InChI=1S/C19H22N6O2S2.ClH/c1-27-15-5-3-2-4-12(15)8-9-22-17(20)25-19-24-14(11-28-19)16-7-6-13(29-16)10-23-18(21)26;/h2-7,11H,8-10H2,1H3,(H3,21,23,26)(H3,20,22,24,25);1H. The summed E-state index contributed by atoms with van der Waals surface area (Å²) in [5.41, 5.74) is 13.0. The van der Waals surface area contributed by atoms with Crippen molar-refractivity contribution in [2.45, 2.75) is 13.0 Å². The van der Waals surface area contributed by atoms with E-state index in [-0.39, 0.29) is 12.4 Å². The molecule has 3 rings (SSSR count). The molecular formula is C19H23ClN6O2S2. The largest absolute Gasteiger partial charge is 0.496 e. The molecule has 0 unspecified atom stereocenters. The van der Waals surface area contributed by atoms with Crippen LogP contribution >= 0.6 is 35.1 Å². The smallest absolute Gasteiger partial charge is 0.312 e. The van der Waals surface area contributed by atoms with Crippen LogP contribution in [0.1, 0.15) is 10.4 Å². The Morgan fingerprint density at radius 1 is 1.23 bits per heavy atom. The molecule has 2 amide bonds. The number of methoxy groups -OCH3 is 1. The maximum Gasteiger partial charge on any atom is 0.312 e. The number of primary amides is 1. The number of rotatable bonds is 8. The number of ether oxygens (including phenoxy) is 1. The molecule has 2 aromatic heterocycles. The van der Waals surface area contributed by atoms with Gasteiger partial charge in [0.2, 0.25) is 0 Å². The summed E-state index contributed by atoms with van der Waals surface area (Å²) in [5.74, 6) is 1.17. The summed E-state index contributed by atoms with van der Waals surface area (Å²) in [6, 6.07) is 11.2. The van der Waals surface area contributed by atoms with Crippen LogP contribution in [0.15, 0.2) is 46.8 Å². The Bertz CT molecular complexity index is 1000. The van der Waals surface area contributed by atoms with Crippen LogP contribution in [0.5, 0.6) is 5.75 Å². The minimum Gasteiger partial charge on any atom is -0.496 e. The van der Waals surface area contributed by atoms with Crippen LogP contribution in [0.25, 0.3) is 10.6 Å². The topological polar surface area (TPSA) is 128 Å². The van der Waals surface area contributed by atoms with Crippen molar-refractivity contribution in [2.75, 3.05) is 19.0 Å². The lowest BCUT2D eigenvalue weighted by Gasteiger charge is -2.06. The molecule has 30 heavy (non-hydrogen) atoms. The molecule has 160 valence electrons. The third-order valence-electron chi connectivity index (χ3n) is 3.95. The van der Waals surface area contributed by atoms with Crippen molar-refractivity contribution in [3.63, 3.8) is 0 Å². The van der Waals surface area contributed by atoms with E-state index in [1.165, 1.54) is 11.3 Å². The zero-order chi connectivity index (χ0) is 20.6. The number of thiazole rings is 1. The van der Waals surface area contributed by atoms with Gasteiger partial charge in [0.25, 0.3) is 0 Å². The second-order valence-electron chi connectivity index (χ2n) is 5.98. The Morgan fingerprint density at radius 2 is 2.03 bits per heavy atom. The fourth-order valence-electron chi connectivity index (χ4n) is 2.58. The predicted octanol–water partition coefficient (Wildman–Crippen LogP) is 3.44. The van der Waals surface area contributed by atoms with E-state index >= 15 is 0 Å². The predicted molar refractivity (Wildman–Crippen MR) is 126 cm³/mol. The number of aliphatic imine (C=N–C) groups is 1. The molecule has 0 bridgehead atoms. The van der Waals surface area contributed by atoms with Crippen LogP contribution in [0.4, 0.5) is 9.93 Å². The highest BCUT2D eigenvalue weighted by atomic mass is 35.5. The Morgan fingerprint density at radius 3 is 2.80 bits per heavy atom. The van der Waals surface area contributed by atoms with Gasteiger partial charge in [-0.3, -0.25) is 4.99 Å². The lowest BCUT2D eigenvalue weighted by Crippen LogP contribution is -2.28. The second kappa shape index (κ2) is 11.4. The number of thiophene rings is 1. The summed E-state index contributed by atoms with van der Waals surface area (Å²) >= 11 is 3.00. The molecule has 1 aromatic carbocycles. The van der Waals surface area contributed by atoms with Crippen molar-refractivity contribution in [3.8, 4) is 16.3 Å². The van der Waals surface area contributed by atoms with Gasteiger partial charge in [0.05, 0.1) is 24.2 Å². The molecule has 6 N–H and O–H groups in total. The third-order valence-corrected chi connectivity index (χ3v) is 5.81. The van der Waals surface area contributed by atoms with Crippen molar-refractivity contribution < 1.29 is 9.53 Å². The number of benzene rings is 1. The number of para-hydroxylation sites is 1. The highest BCUT2D eigenvalue weighted by Crippen LogP contribution is 2.30. The number of anilines is 1. The zero-order valence-electron chi connectivity index (χ0n) is 16.3. The monoisotopic (exact) mass is 466 g/mol. The van der Waals surface area contributed by atoms with Gasteiger partial charge in [-0.2, -0.15) is 0 Å². The van der Waals surface area contributed by atoms with E-state index in [1.54, 1.807) is 18.4 Å². The molecule has 0 radical (unpaired) electrons. The number of guanidine groups is 1. The zero-order valence-corrected chi connectivity index (χ0v) is 18.7. The first-order valence-corrected chi connectivity index (χ1v) is 10.5. The summed E-state index contributed by atoms with van der Waals surface area (Å²) in [7, 11) is 1.66. The number of carbonyl (C=O) groups is 1. The molecule has 0 aliphatic carbocycles. The highest BCUT2D eigenvalue weighted by Gasteiger charge is 2.09. The van der Waals surface area contributed by atoms with Crippen LogP contribution < -0.4 is 26.8 Å². The van der Waals surface area contributed by atoms with Gasteiger partial charge < -0.3 is 26.8 Å². The molecule has 0 aliphatic heterocycles. The van der Waals surface area contributed by atoms with Gasteiger partial charge in [-0.25, -0.2) is 9.78 Å². The van der Waals surface area contributed by atoms with E-state index in [0.29, 0.717) is 24.2 Å². The number of hydrogen-bond donors (Lipinski definition) is 4. The first-order chi connectivity index (χ1) is 14.0. The molecule has 0 saturated heterocycles. The first kappa shape index (κ1) is 23.5. The van der Waals surface area contributed by atoms with Gasteiger partial charge in [0.1, 0.15) is 5.75 Å². The molecule has 0 aliphatic rings. The fraction of sp³-hybridized carbons (Fsp3) is 0.211. The van der Waals surface area contributed by atoms with E-state index in [4.69, 9.17) is 16.2 Å². The molecule has 2 heterocycles. The minimum atomic E-state index is -0.541. The van der Waals surface area contributed by atoms with Crippen molar-refractivity contribution in [3.05, 3.63) is 52.2 Å². The maximum atomic E-state index is 10.8. The number of urea groups is 1. The molecule has 0 spiro atoms. The lowest BCUT2D eigenvalue weighted by molar-refractivity contribution is 0.248. The van der Waals surface area contributed by atoms with Crippen molar-refractivity contribution in [2.24, 2.45) is 16.5 Å². The van der Waals surface area contributed by atoms with Gasteiger partial charge in [-0.15, -0.1) is 35.1 Å². The summed E-state index contributed by atoms with van der Waals surface area (Å²) in [4.78, 5) is 21.7. The van der Waals surface area contributed by atoms with Gasteiger partial charge in [0.15, 0.2) is 11.1 Å². The number of nitrogens with one attached hydrogen (secondary N) is 2. The normalized spacial score (nSPS) is 10.9. The fourth-order valence-corrected chi connectivity index (χ4v) is 4.28. The molecule has 3 aromatic rings. The third kappa shape index (κ3) is 6.61. The van der Waals surface area contributed by atoms with Crippen LogP contribution in [0.2, 0.25) is 0 Å². The van der Waals surface area contributed by atoms with E-state index in [0.717, 1.165) is 33.2 Å². The summed E-state index contributed by atoms with van der Waals surface area (Å²) in [5, 5.41) is 8.22. The Hall–Kier alpha value is -2.82. The van der Waals surface area contributed by atoms with Crippen LogP contribution in [0, 0.1) is 0 Å². The van der Waals surface area contributed by atoms with Gasteiger partial charge in [0, 0.05) is 16.8 Å². The summed E-state index contributed by atoms with van der Waals surface area (Å²) in [6.45, 7) is 0.944. The Labute approximate surface area is 188 Å². The molecular weight excluding hydrogens is 444 g/mol.